The first-order valence-corrected chi connectivity index (χ1v) is 13.0. The first kappa shape index (κ1) is 26.9. The Labute approximate surface area is 222 Å². The van der Waals surface area contributed by atoms with Crippen molar-refractivity contribution in [3.63, 3.8) is 0 Å². The van der Waals surface area contributed by atoms with Crippen LogP contribution < -0.4 is 21.7 Å². The molecular weight excluding hydrogens is 482 g/mol. The first-order chi connectivity index (χ1) is 18.3. The third-order valence-electron chi connectivity index (χ3n) is 7.19. The molecule has 0 radical (unpaired) electrons. The third-order valence-corrected chi connectivity index (χ3v) is 7.19. The molecular formula is C29H35N5O4. The van der Waals surface area contributed by atoms with E-state index in [2.05, 4.69) is 32.3 Å². The second kappa shape index (κ2) is 12.4. The number of hydrogen-bond acceptors (Lipinski definition) is 6. The number of rotatable bonds is 4. The zero-order chi connectivity index (χ0) is 27.1. The van der Waals surface area contributed by atoms with Crippen LogP contribution in [0.3, 0.4) is 0 Å². The molecule has 4 rings (SSSR count). The molecule has 2 aliphatic rings. The fourth-order valence-corrected chi connectivity index (χ4v) is 5.00. The number of methoxy groups -OCH3 is 1. The van der Waals surface area contributed by atoms with Gasteiger partial charge in [-0.25, -0.2) is 4.79 Å². The summed E-state index contributed by atoms with van der Waals surface area (Å²) in [6.07, 6.45) is 9.78. The van der Waals surface area contributed by atoms with E-state index in [-0.39, 0.29) is 29.7 Å². The fourth-order valence-electron chi connectivity index (χ4n) is 5.00. The summed E-state index contributed by atoms with van der Waals surface area (Å²) in [5, 5.41) is 8.83. The number of ether oxygens (including phenoxy) is 1. The van der Waals surface area contributed by atoms with Gasteiger partial charge in [-0.05, 0) is 74.3 Å². The van der Waals surface area contributed by atoms with E-state index in [0.717, 1.165) is 42.5 Å². The van der Waals surface area contributed by atoms with Crippen LogP contribution in [0.4, 0.5) is 16.2 Å². The number of benzene rings is 1. The van der Waals surface area contributed by atoms with Gasteiger partial charge in [-0.2, -0.15) is 0 Å². The molecule has 0 spiro atoms. The lowest BCUT2D eigenvalue weighted by molar-refractivity contribution is -0.127. The van der Waals surface area contributed by atoms with Crippen molar-refractivity contribution in [3.8, 4) is 11.1 Å². The minimum Gasteiger partial charge on any atom is -0.453 e. The highest BCUT2D eigenvalue weighted by Crippen LogP contribution is 2.34. The summed E-state index contributed by atoms with van der Waals surface area (Å²) < 4.78 is 4.69. The van der Waals surface area contributed by atoms with Crippen LogP contribution in [0.15, 0.2) is 61.0 Å². The van der Waals surface area contributed by atoms with E-state index in [0.29, 0.717) is 36.3 Å². The Morgan fingerprint density at radius 2 is 1.87 bits per heavy atom. The molecule has 9 nitrogen and oxygen atoms in total. The third kappa shape index (κ3) is 6.79. The first-order valence-electron chi connectivity index (χ1n) is 13.0. The molecule has 1 aromatic heterocycles. The number of anilines is 2. The summed E-state index contributed by atoms with van der Waals surface area (Å²) in [5.41, 5.74) is 9.98. The maximum Gasteiger partial charge on any atom is 0.411 e. The Morgan fingerprint density at radius 1 is 1.11 bits per heavy atom. The van der Waals surface area contributed by atoms with Crippen molar-refractivity contribution in [2.45, 2.75) is 51.0 Å². The molecule has 1 saturated carbocycles. The summed E-state index contributed by atoms with van der Waals surface area (Å²) in [5.74, 6) is 0.105. The molecule has 1 fully saturated rings. The number of allylic oxidation sites excluding steroid dienone is 2. The minimum atomic E-state index is -0.600. The summed E-state index contributed by atoms with van der Waals surface area (Å²) >= 11 is 0. The van der Waals surface area contributed by atoms with Crippen LogP contribution in [0.2, 0.25) is 0 Å². The monoisotopic (exact) mass is 517 g/mol. The van der Waals surface area contributed by atoms with Crippen LogP contribution in [0.25, 0.3) is 11.1 Å². The molecule has 0 unspecified atom stereocenters. The van der Waals surface area contributed by atoms with Crippen molar-refractivity contribution in [3.05, 3.63) is 66.7 Å². The molecule has 2 bridgehead atoms. The quantitative estimate of drug-likeness (QED) is 0.420. The molecule has 3 amide bonds. The Balaban J connectivity index is 1.61. The highest BCUT2D eigenvalue weighted by atomic mass is 16.5. The fraction of sp³-hybridized carbons (Fsp3) is 0.379. The number of nitrogens with one attached hydrogen (secondary N) is 3. The predicted octanol–water partition coefficient (Wildman–Crippen LogP) is 5.04. The smallest absolute Gasteiger partial charge is 0.411 e. The van der Waals surface area contributed by atoms with Crippen LogP contribution in [0.1, 0.15) is 56.7 Å². The van der Waals surface area contributed by atoms with Gasteiger partial charge in [0.25, 0.3) is 0 Å². The van der Waals surface area contributed by atoms with Gasteiger partial charge in [-0.15, -0.1) is 0 Å². The number of carbonyl (C=O) groups excluding carboxylic acids is 3. The van der Waals surface area contributed by atoms with E-state index in [4.69, 9.17) is 5.73 Å². The van der Waals surface area contributed by atoms with Gasteiger partial charge in [-0.3, -0.25) is 19.9 Å². The van der Waals surface area contributed by atoms with Crippen LogP contribution >= 0.6 is 0 Å². The molecule has 2 aromatic rings. The number of carbonyl (C=O) groups is 3. The van der Waals surface area contributed by atoms with Gasteiger partial charge in [0.2, 0.25) is 11.8 Å². The lowest BCUT2D eigenvalue weighted by Crippen LogP contribution is -2.36. The predicted molar refractivity (Wildman–Crippen MR) is 147 cm³/mol. The largest absolute Gasteiger partial charge is 0.453 e. The summed E-state index contributed by atoms with van der Waals surface area (Å²) in [6.45, 7) is 3.87. The van der Waals surface area contributed by atoms with E-state index < -0.39 is 6.09 Å². The molecule has 200 valence electrons. The average molecular weight is 518 g/mol. The number of hydrogen-bond donors (Lipinski definition) is 4. The Bertz CT molecular complexity index is 1230. The second-order valence-electron chi connectivity index (χ2n) is 9.82. The van der Waals surface area contributed by atoms with Crippen molar-refractivity contribution in [2.75, 3.05) is 17.7 Å². The maximum absolute atomic E-state index is 13.2. The van der Waals surface area contributed by atoms with Gasteiger partial charge >= 0.3 is 6.09 Å². The van der Waals surface area contributed by atoms with E-state index in [1.807, 2.05) is 30.4 Å². The van der Waals surface area contributed by atoms with Gasteiger partial charge in [0.15, 0.2) is 0 Å². The average Bonchev–Trinajstić information content (AvgIpc) is 2.92. The van der Waals surface area contributed by atoms with Crippen molar-refractivity contribution in [1.82, 2.24) is 10.3 Å². The van der Waals surface area contributed by atoms with Gasteiger partial charge in [0, 0.05) is 35.5 Å². The molecule has 9 heteroatoms. The zero-order valence-electron chi connectivity index (χ0n) is 21.7. The lowest BCUT2D eigenvalue weighted by Gasteiger charge is -2.29. The minimum absolute atomic E-state index is 0.0248. The van der Waals surface area contributed by atoms with Crippen molar-refractivity contribution < 1.29 is 19.1 Å². The van der Waals surface area contributed by atoms with Crippen LogP contribution in [-0.2, 0) is 14.3 Å². The molecule has 0 saturated heterocycles. The molecule has 1 atom stereocenters. The highest BCUT2D eigenvalue weighted by molar-refractivity contribution is 5.97. The maximum atomic E-state index is 13.2. The number of amides is 3. The highest BCUT2D eigenvalue weighted by Gasteiger charge is 2.28. The molecule has 1 aliphatic carbocycles. The molecule has 1 aromatic carbocycles. The van der Waals surface area contributed by atoms with Crippen molar-refractivity contribution in [2.24, 2.45) is 17.6 Å². The standard InChI is InChI=1S/C29H35N5O4/c1-18(30)19-8-10-20(11-9-19)28(36)34-24-6-4-3-5-7-27(35)33-25-17-22(32-29(37)38-2)12-13-23(25)21-14-15-31-26(24)16-21/h3-4,12-17,19-20,24H,1,5-11,30H2,2H3,(H,32,37)(H,33,35)(H,34,36)/b4-3+/t19-,20-,24-/m0/s1. The lowest BCUT2D eigenvalue weighted by atomic mass is 9.80. The SMILES string of the molecule is C=C(N)[C@H]1CC[C@H](C(=O)N[C@H]2C/C=C/CCC(=O)Nc3cc(NC(=O)OC)ccc3-c3ccnc2c3)CC1. The van der Waals surface area contributed by atoms with Gasteiger partial charge < -0.3 is 21.1 Å². The van der Waals surface area contributed by atoms with E-state index in [1.54, 1.807) is 18.3 Å². The normalized spacial score (nSPS) is 22.2. The van der Waals surface area contributed by atoms with Gasteiger partial charge in [0.05, 0.1) is 24.5 Å². The van der Waals surface area contributed by atoms with Crippen molar-refractivity contribution in [1.29, 1.82) is 0 Å². The van der Waals surface area contributed by atoms with E-state index >= 15 is 0 Å². The second-order valence-corrected chi connectivity index (χ2v) is 9.82. The number of nitrogens with two attached hydrogens (primary N) is 1. The molecule has 38 heavy (non-hydrogen) atoms. The Kier molecular flexibility index (Phi) is 8.78. The summed E-state index contributed by atoms with van der Waals surface area (Å²) in [6, 6.07) is 8.75. The van der Waals surface area contributed by atoms with Crippen LogP contribution in [0, 0.1) is 11.8 Å². The van der Waals surface area contributed by atoms with Crippen LogP contribution in [-0.4, -0.2) is 30.0 Å². The van der Waals surface area contributed by atoms with E-state index in [1.165, 1.54) is 7.11 Å². The van der Waals surface area contributed by atoms with Crippen LogP contribution in [0.5, 0.6) is 0 Å². The number of pyridine rings is 1. The number of fused-ring (bicyclic) bond motifs is 4. The Hall–Kier alpha value is -4.14. The number of nitrogens with zero attached hydrogens (tertiary/aromatic N) is 1. The number of aromatic nitrogens is 1. The van der Waals surface area contributed by atoms with Gasteiger partial charge in [0.1, 0.15) is 0 Å². The molecule has 2 heterocycles. The van der Waals surface area contributed by atoms with E-state index in [9.17, 15) is 14.4 Å². The Morgan fingerprint density at radius 3 is 2.61 bits per heavy atom. The zero-order valence-corrected chi connectivity index (χ0v) is 21.7. The summed E-state index contributed by atoms with van der Waals surface area (Å²) in [4.78, 5) is 42.2. The molecule has 1 aliphatic heterocycles. The van der Waals surface area contributed by atoms with Crippen molar-refractivity contribution >= 4 is 29.3 Å². The summed E-state index contributed by atoms with van der Waals surface area (Å²) in [7, 11) is 1.29. The molecule has 5 N–H and O–H groups in total. The van der Waals surface area contributed by atoms with Gasteiger partial charge in [-0.1, -0.05) is 24.8 Å². The topological polar surface area (TPSA) is 135 Å².